The van der Waals surface area contributed by atoms with Gasteiger partial charge in [-0.3, -0.25) is 4.79 Å². The van der Waals surface area contributed by atoms with Crippen LogP contribution >= 0.6 is 0 Å². The first-order valence-electron chi connectivity index (χ1n) is 4.49. The van der Waals surface area contributed by atoms with Crippen molar-refractivity contribution in [2.75, 3.05) is 0 Å². The summed E-state index contributed by atoms with van der Waals surface area (Å²) in [5.41, 5.74) is -0.917. The predicted molar refractivity (Wildman–Crippen MR) is 45.7 cm³/mol. The van der Waals surface area contributed by atoms with Gasteiger partial charge in [0.05, 0.1) is 0 Å². The second kappa shape index (κ2) is 3.27. The van der Waals surface area contributed by atoms with Gasteiger partial charge in [-0.1, -0.05) is 27.7 Å². The van der Waals surface area contributed by atoms with Gasteiger partial charge in [-0.25, -0.2) is 0 Å². The Balaban J connectivity index is 2.99. The Morgan fingerprint density at radius 3 is 1.69 bits per heavy atom. The van der Waals surface area contributed by atoms with E-state index in [9.17, 15) is 9.90 Å². The van der Waals surface area contributed by atoms with Crippen molar-refractivity contribution in [1.82, 2.24) is 0 Å². The molecule has 76 valence electrons. The topological polar surface area (TPSA) is 62.4 Å². The van der Waals surface area contributed by atoms with Crippen molar-refractivity contribution in [3.63, 3.8) is 0 Å². The number of rotatable bonds is 4. The Kier molecular flexibility index (Phi) is 2.63. The first-order valence-corrected chi connectivity index (χ1v) is 4.49. The summed E-state index contributed by atoms with van der Waals surface area (Å²) >= 11 is 0. The highest BCUT2D eigenvalue weighted by Crippen LogP contribution is 2.46. The van der Waals surface area contributed by atoms with Gasteiger partial charge in [0.2, 0.25) is 6.29 Å². The quantitative estimate of drug-likeness (QED) is 0.538. The summed E-state index contributed by atoms with van der Waals surface area (Å²) in [6.07, 6.45) is -0.579. The molecule has 1 aliphatic rings. The van der Waals surface area contributed by atoms with Crippen LogP contribution in [-0.4, -0.2) is 17.4 Å². The third-order valence-corrected chi connectivity index (χ3v) is 2.86. The van der Waals surface area contributed by atoms with Crippen LogP contribution in [0.1, 0.15) is 27.7 Å². The van der Waals surface area contributed by atoms with Crippen LogP contribution in [0.15, 0.2) is 0 Å². The van der Waals surface area contributed by atoms with Gasteiger partial charge in [-0.15, -0.1) is 0 Å². The highest BCUT2D eigenvalue weighted by Gasteiger charge is 2.59. The molecule has 0 bridgehead atoms. The van der Waals surface area contributed by atoms with Crippen LogP contribution in [-0.2, 0) is 14.6 Å². The van der Waals surface area contributed by atoms with Gasteiger partial charge in [0.25, 0.3) is 0 Å². The fraction of sp³-hybridized carbons (Fsp3) is 0.889. The van der Waals surface area contributed by atoms with E-state index in [1.54, 1.807) is 0 Å². The minimum absolute atomic E-state index is 0.0162. The van der Waals surface area contributed by atoms with Gasteiger partial charge >= 0.3 is 5.97 Å². The zero-order valence-corrected chi connectivity index (χ0v) is 8.40. The number of aliphatic carboxylic acids is 1. The van der Waals surface area contributed by atoms with Crippen molar-refractivity contribution < 1.29 is 19.7 Å². The third kappa shape index (κ3) is 1.44. The van der Waals surface area contributed by atoms with E-state index in [1.165, 1.54) is 0 Å². The van der Waals surface area contributed by atoms with Crippen LogP contribution < -0.4 is 0 Å². The molecule has 0 amide bonds. The minimum atomic E-state index is -0.917. The maximum Gasteiger partial charge on any atom is 0.315 e. The van der Waals surface area contributed by atoms with Crippen LogP contribution in [0.3, 0.4) is 0 Å². The number of hydrogen-bond donors (Lipinski definition) is 1. The molecule has 0 saturated carbocycles. The van der Waals surface area contributed by atoms with Crippen molar-refractivity contribution in [3.8, 4) is 0 Å². The van der Waals surface area contributed by atoms with Gasteiger partial charge in [0, 0.05) is 0 Å². The Morgan fingerprint density at radius 2 is 1.62 bits per heavy atom. The Morgan fingerprint density at radius 1 is 1.23 bits per heavy atom. The summed E-state index contributed by atoms with van der Waals surface area (Å²) in [6.45, 7) is 7.50. The Bertz CT molecular complexity index is 192. The Hall–Kier alpha value is -0.610. The maximum absolute atomic E-state index is 11.2. The van der Waals surface area contributed by atoms with E-state index in [2.05, 4.69) is 9.78 Å². The molecule has 0 radical (unpaired) electrons. The molecule has 1 fully saturated rings. The van der Waals surface area contributed by atoms with Crippen molar-refractivity contribution >= 4 is 5.97 Å². The molecule has 0 aliphatic carbocycles. The van der Waals surface area contributed by atoms with Gasteiger partial charge in [-0.2, -0.15) is 9.78 Å². The largest absolute Gasteiger partial charge is 0.481 e. The fourth-order valence-corrected chi connectivity index (χ4v) is 1.99. The molecule has 0 unspecified atom stereocenters. The summed E-state index contributed by atoms with van der Waals surface area (Å²) in [5, 5.41) is 9.22. The fourth-order valence-electron chi connectivity index (χ4n) is 1.99. The summed E-state index contributed by atoms with van der Waals surface area (Å²) in [7, 11) is 0. The molecule has 1 heterocycles. The summed E-state index contributed by atoms with van der Waals surface area (Å²) in [5.74, 6) is -0.880. The molecular formula is C9H16O4. The predicted octanol–water partition coefficient (Wildman–Crippen LogP) is 1.66. The standard InChI is InChI=1S/C9H16O4/c1-5(2)9(6(3)4,7(10)11)8-12-13-8/h5-6,8H,1-4H3,(H,10,11). The molecule has 0 aromatic heterocycles. The molecule has 0 atom stereocenters. The zero-order valence-electron chi connectivity index (χ0n) is 8.40. The molecular weight excluding hydrogens is 172 g/mol. The summed E-state index contributed by atoms with van der Waals surface area (Å²) < 4.78 is 0. The molecule has 0 spiro atoms. The summed E-state index contributed by atoms with van der Waals surface area (Å²) in [6, 6.07) is 0. The van der Waals surface area contributed by atoms with Crippen molar-refractivity contribution in [3.05, 3.63) is 0 Å². The molecule has 0 aromatic carbocycles. The van der Waals surface area contributed by atoms with Crippen LogP contribution in [0.2, 0.25) is 0 Å². The molecule has 1 aliphatic heterocycles. The van der Waals surface area contributed by atoms with Gasteiger partial charge in [-0.05, 0) is 11.8 Å². The van der Waals surface area contributed by atoms with Gasteiger partial charge < -0.3 is 5.11 Å². The lowest BCUT2D eigenvalue weighted by Gasteiger charge is -2.33. The van der Waals surface area contributed by atoms with E-state index in [0.29, 0.717) is 0 Å². The molecule has 4 heteroatoms. The Labute approximate surface area is 77.8 Å². The number of carbonyl (C=O) groups is 1. The van der Waals surface area contributed by atoms with E-state index in [1.807, 2.05) is 27.7 Å². The minimum Gasteiger partial charge on any atom is -0.481 e. The average Bonchev–Trinajstić information content (AvgIpc) is 2.69. The lowest BCUT2D eigenvalue weighted by molar-refractivity contribution is -0.158. The number of carboxylic acid groups (broad SMARTS) is 1. The second-order valence-corrected chi connectivity index (χ2v) is 4.07. The number of hydrogen-bond acceptors (Lipinski definition) is 3. The monoisotopic (exact) mass is 188 g/mol. The van der Waals surface area contributed by atoms with E-state index in [0.717, 1.165) is 0 Å². The van der Waals surface area contributed by atoms with Crippen LogP contribution in [0, 0.1) is 17.3 Å². The van der Waals surface area contributed by atoms with Crippen LogP contribution in [0.4, 0.5) is 0 Å². The van der Waals surface area contributed by atoms with Gasteiger partial charge in [0.15, 0.2) is 0 Å². The second-order valence-electron chi connectivity index (χ2n) is 4.07. The van der Waals surface area contributed by atoms with E-state index >= 15 is 0 Å². The smallest absolute Gasteiger partial charge is 0.315 e. The summed E-state index contributed by atoms with van der Waals surface area (Å²) in [4.78, 5) is 20.6. The zero-order chi connectivity index (χ0) is 10.2. The van der Waals surface area contributed by atoms with E-state index in [4.69, 9.17) is 0 Å². The van der Waals surface area contributed by atoms with Crippen molar-refractivity contribution in [2.24, 2.45) is 17.3 Å². The van der Waals surface area contributed by atoms with Gasteiger partial charge in [0.1, 0.15) is 5.41 Å². The van der Waals surface area contributed by atoms with E-state index in [-0.39, 0.29) is 11.8 Å². The molecule has 1 saturated heterocycles. The van der Waals surface area contributed by atoms with Crippen LogP contribution in [0.25, 0.3) is 0 Å². The lowest BCUT2D eigenvalue weighted by Crippen LogP contribution is -2.45. The highest BCUT2D eigenvalue weighted by molar-refractivity contribution is 5.76. The first kappa shape index (κ1) is 10.5. The molecule has 0 aromatic rings. The molecule has 13 heavy (non-hydrogen) atoms. The molecule has 4 nitrogen and oxygen atoms in total. The van der Waals surface area contributed by atoms with Crippen molar-refractivity contribution in [2.45, 2.75) is 34.0 Å². The SMILES string of the molecule is CC(C)C(C(=O)O)(C(C)C)C1OO1. The average molecular weight is 188 g/mol. The van der Waals surface area contributed by atoms with Crippen LogP contribution in [0.5, 0.6) is 0 Å². The van der Waals surface area contributed by atoms with Crippen molar-refractivity contribution in [1.29, 1.82) is 0 Å². The first-order chi connectivity index (χ1) is 5.94. The number of carboxylic acids is 1. The third-order valence-electron chi connectivity index (χ3n) is 2.86. The normalized spacial score (nSPS) is 18.3. The maximum atomic E-state index is 11.2. The lowest BCUT2D eigenvalue weighted by atomic mass is 9.68. The molecule has 1 N–H and O–H groups in total. The highest BCUT2D eigenvalue weighted by atomic mass is 17.4. The molecule has 1 rings (SSSR count). The van der Waals surface area contributed by atoms with E-state index < -0.39 is 17.7 Å².